The molecule has 0 unspecified atom stereocenters. The number of aromatic nitrogens is 3. The fourth-order valence-electron chi connectivity index (χ4n) is 4.40. The first kappa shape index (κ1) is 27.4. The molecule has 0 saturated heterocycles. The third-order valence-electron chi connectivity index (χ3n) is 6.28. The molecule has 0 aliphatic rings. The molecule has 9 nitrogen and oxygen atoms in total. The van der Waals surface area contributed by atoms with Crippen LogP contribution in [0.3, 0.4) is 0 Å². The van der Waals surface area contributed by atoms with Crippen molar-refractivity contribution in [3.05, 3.63) is 79.7 Å². The van der Waals surface area contributed by atoms with Gasteiger partial charge in [0.25, 0.3) is 0 Å². The number of fused-ring (bicyclic) bond motifs is 1. The summed E-state index contributed by atoms with van der Waals surface area (Å²) in [6, 6.07) is 13.8. The van der Waals surface area contributed by atoms with Gasteiger partial charge in [0.15, 0.2) is 0 Å². The zero-order valence-corrected chi connectivity index (χ0v) is 22.9. The van der Waals surface area contributed by atoms with E-state index in [9.17, 15) is 4.79 Å². The highest BCUT2D eigenvalue weighted by Gasteiger charge is 2.17. The van der Waals surface area contributed by atoms with Gasteiger partial charge in [0.05, 0.1) is 29.9 Å². The average molecular weight is 526 g/mol. The molecule has 0 bridgehead atoms. The van der Waals surface area contributed by atoms with Gasteiger partial charge < -0.3 is 30.2 Å². The number of benzene rings is 2. The van der Waals surface area contributed by atoms with E-state index in [0.29, 0.717) is 23.1 Å². The summed E-state index contributed by atoms with van der Waals surface area (Å²) in [6.07, 6.45) is 5.07. The standard InChI is InChI=1S/C30H35N7O2/c1-7-29(38)33-24-16-25(28(39-6)17-27(24)36(5)15-14-31-4)35-30-32-13-12-23(34-30)22-19-37(18-20(2)3)26-11-9-8-10-21(22)26/h7-13,16-17,19,31H,1-2,14-15,18H2,3-6H3,(H,33,38)(H,32,34,35). The van der Waals surface area contributed by atoms with Crippen molar-refractivity contribution in [2.45, 2.75) is 13.5 Å². The third kappa shape index (κ3) is 6.27. The maximum Gasteiger partial charge on any atom is 0.247 e. The summed E-state index contributed by atoms with van der Waals surface area (Å²) >= 11 is 0. The number of nitrogens with zero attached hydrogens (tertiary/aromatic N) is 4. The summed E-state index contributed by atoms with van der Waals surface area (Å²) in [5, 5.41) is 10.4. The van der Waals surface area contributed by atoms with Crippen LogP contribution in [0.15, 0.2) is 79.7 Å². The van der Waals surface area contributed by atoms with Crippen molar-refractivity contribution in [3.63, 3.8) is 0 Å². The fourth-order valence-corrected chi connectivity index (χ4v) is 4.40. The van der Waals surface area contributed by atoms with Gasteiger partial charge in [-0.05, 0) is 38.2 Å². The van der Waals surface area contributed by atoms with Crippen molar-refractivity contribution >= 4 is 39.8 Å². The second kappa shape index (κ2) is 12.3. The fraction of sp³-hybridized carbons (Fsp3) is 0.233. The molecule has 4 rings (SSSR count). The Kier molecular flexibility index (Phi) is 8.63. The second-order valence-corrected chi connectivity index (χ2v) is 9.32. The van der Waals surface area contributed by atoms with E-state index in [4.69, 9.17) is 9.72 Å². The van der Waals surface area contributed by atoms with Crippen LogP contribution in [0.2, 0.25) is 0 Å². The number of hydrogen-bond acceptors (Lipinski definition) is 7. The Morgan fingerprint density at radius 3 is 2.72 bits per heavy atom. The number of para-hydroxylation sites is 1. The van der Waals surface area contributed by atoms with Crippen LogP contribution in [0, 0.1) is 0 Å². The van der Waals surface area contributed by atoms with Gasteiger partial charge in [-0.2, -0.15) is 0 Å². The molecule has 202 valence electrons. The third-order valence-corrected chi connectivity index (χ3v) is 6.28. The molecule has 0 radical (unpaired) electrons. The first-order valence-corrected chi connectivity index (χ1v) is 12.7. The molecule has 9 heteroatoms. The Bertz CT molecular complexity index is 1510. The van der Waals surface area contributed by atoms with Crippen molar-refractivity contribution < 1.29 is 9.53 Å². The monoisotopic (exact) mass is 525 g/mol. The van der Waals surface area contributed by atoms with E-state index in [-0.39, 0.29) is 5.91 Å². The molecule has 0 spiro atoms. The maximum absolute atomic E-state index is 12.2. The number of ether oxygens (including phenoxy) is 1. The first-order valence-electron chi connectivity index (χ1n) is 12.7. The second-order valence-electron chi connectivity index (χ2n) is 9.32. The summed E-state index contributed by atoms with van der Waals surface area (Å²) in [5.74, 6) is 0.684. The number of rotatable bonds is 12. The molecule has 0 saturated carbocycles. The van der Waals surface area contributed by atoms with Crippen LogP contribution in [0.4, 0.5) is 23.0 Å². The first-order chi connectivity index (χ1) is 18.8. The minimum atomic E-state index is -0.307. The number of carbonyl (C=O) groups excluding carboxylic acids is 1. The predicted octanol–water partition coefficient (Wildman–Crippen LogP) is 5.21. The lowest BCUT2D eigenvalue weighted by atomic mass is 10.1. The summed E-state index contributed by atoms with van der Waals surface area (Å²) in [7, 11) is 5.46. The maximum atomic E-state index is 12.2. The normalized spacial score (nSPS) is 10.8. The van der Waals surface area contributed by atoms with E-state index < -0.39 is 0 Å². The quantitative estimate of drug-likeness (QED) is 0.173. The van der Waals surface area contributed by atoms with Crippen LogP contribution in [0.25, 0.3) is 22.2 Å². The number of likely N-dealkylation sites (N-methyl/N-ethyl adjacent to an activating group) is 2. The Morgan fingerprint density at radius 2 is 2.00 bits per heavy atom. The van der Waals surface area contributed by atoms with Crippen LogP contribution in [0.1, 0.15) is 6.92 Å². The molecule has 3 N–H and O–H groups in total. The lowest BCUT2D eigenvalue weighted by Gasteiger charge is -2.24. The van der Waals surface area contributed by atoms with Gasteiger partial charge >= 0.3 is 0 Å². The lowest BCUT2D eigenvalue weighted by molar-refractivity contribution is -0.111. The molecule has 2 aromatic carbocycles. The molecule has 0 aliphatic heterocycles. The minimum Gasteiger partial charge on any atom is -0.494 e. The van der Waals surface area contributed by atoms with Crippen molar-refractivity contribution in [3.8, 4) is 17.0 Å². The van der Waals surface area contributed by atoms with E-state index in [2.05, 4.69) is 57.0 Å². The zero-order valence-electron chi connectivity index (χ0n) is 22.9. The van der Waals surface area contributed by atoms with E-state index in [1.165, 1.54) is 6.08 Å². The number of amides is 1. The minimum absolute atomic E-state index is 0.307. The van der Waals surface area contributed by atoms with Crippen molar-refractivity contribution in [1.82, 2.24) is 19.9 Å². The van der Waals surface area contributed by atoms with Crippen LogP contribution >= 0.6 is 0 Å². The van der Waals surface area contributed by atoms with Gasteiger partial charge in [0.1, 0.15) is 5.75 Å². The zero-order chi connectivity index (χ0) is 27.9. The van der Waals surface area contributed by atoms with Crippen LogP contribution in [0.5, 0.6) is 5.75 Å². The van der Waals surface area contributed by atoms with Crippen molar-refractivity contribution in [2.24, 2.45) is 0 Å². The lowest BCUT2D eigenvalue weighted by Crippen LogP contribution is -2.28. The number of hydrogen-bond donors (Lipinski definition) is 3. The van der Waals surface area contributed by atoms with Gasteiger partial charge in [0, 0.05) is 61.6 Å². The number of carbonyl (C=O) groups is 1. The van der Waals surface area contributed by atoms with Crippen LogP contribution in [-0.2, 0) is 11.3 Å². The number of anilines is 4. The molecule has 0 aliphatic carbocycles. The van der Waals surface area contributed by atoms with Gasteiger partial charge in [-0.15, -0.1) is 0 Å². The van der Waals surface area contributed by atoms with Gasteiger partial charge in [-0.25, -0.2) is 9.97 Å². The van der Waals surface area contributed by atoms with E-state index >= 15 is 0 Å². The number of allylic oxidation sites excluding steroid dienone is 1. The van der Waals surface area contributed by atoms with Crippen LogP contribution < -0.4 is 25.6 Å². The Morgan fingerprint density at radius 1 is 1.21 bits per heavy atom. The Balaban J connectivity index is 1.73. The van der Waals surface area contributed by atoms with E-state index in [1.807, 2.05) is 56.3 Å². The van der Waals surface area contributed by atoms with Crippen molar-refractivity contribution in [2.75, 3.05) is 49.8 Å². The highest BCUT2D eigenvalue weighted by atomic mass is 16.5. The molecular weight excluding hydrogens is 490 g/mol. The average Bonchev–Trinajstić information content (AvgIpc) is 3.29. The molecule has 39 heavy (non-hydrogen) atoms. The molecule has 0 atom stereocenters. The Labute approximate surface area is 229 Å². The van der Waals surface area contributed by atoms with Gasteiger partial charge in [-0.3, -0.25) is 4.79 Å². The van der Waals surface area contributed by atoms with E-state index in [1.54, 1.807) is 13.3 Å². The summed E-state index contributed by atoms with van der Waals surface area (Å²) in [6.45, 7) is 11.9. The predicted molar refractivity (Wildman–Crippen MR) is 160 cm³/mol. The van der Waals surface area contributed by atoms with E-state index in [0.717, 1.165) is 53.1 Å². The van der Waals surface area contributed by atoms with Crippen molar-refractivity contribution in [1.29, 1.82) is 0 Å². The highest BCUT2D eigenvalue weighted by Crippen LogP contribution is 2.38. The summed E-state index contributed by atoms with van der Waals surface area (Å²) < 4.78 is 7.89. The summed E-state index contributed by atoms with van der Waals surface area (Å²) in [4.78, 5) is 23.5. The smallest absolute Gasteiger partial charge is 0.247 e. The molecule has 2 aromatic heterocycles. The summed E-state index contributed by atoms with van der Waals surface area (Å²) in [5.41, 5.74) is 6.01. The Hall–Kier alpha value is -4.63. The molecule has 2 heterocycles. The SMILES string of the molecule is C=CC(=O)Nc1cc(Nc2nccc(-c3cn(CC(=C)C)c4ccccc34)n2)c(OC)cc1N(C)CCNC. The van der Waals surface area contributed by atoms with Gasteiger partial charge in [-0.1, -0.05) is 36.9 Å². The molecule has 1 amide bonds. The van der Waals surface area contributed by atoms with Crippen LogP contribution in [-0.4, -0.2) is 54.7 Å². The molecule has 4 aromatic rings. The van der Waals surface area contributed by atoms with Gasteiger partial charge in [0.2, 0.25) is 11.9 Å². The number of nitrogens with one attached hydrogen (secondary N) is 3. The number of methoxy groups -OCH3 is 1. The largest absolute Gasteiger partial charge is 0.494 e. The molecule has 0 fully saturated rings. The highest BCUT2D eigenvalue weighted by molar-refractivity contribution is 6.02. The topological polar surface area (TPSA) is 96.3 Å². The molecular formula is C30H35N7O2.